The lowest BCUT2D eigenvalue weighted by atomic mass is 10.2. The molecule has 4 nitrogen and oxygen atoms in total. The summed E-state index contributed by atoms with van der Waals surface area (Å²) in [5.41, 5.74) is 0.620. The first kappa shape index (κ1) is 14.7. The fourth-order valence-electron chi connectivity index (χ4n) is 1.65. The summed E-state index contributed by atoms with van der Waals surface area (Å²) in [6.07, 6.45) is 0.692. The van der Waals surface area contributed by atoms with Crippen LogP contribution in [-0.4, -0.2) is 13.5 Å². The monoisotopic (exact) mass is 317 g/mol. The van der Waals surface area contributed by atoms with Crippen molar-refractivity contribution in [3.8, 4) is 0 Å². The molecule has 2 heterocycles. The van der Waals surface area contributed by atoms with E-state index >= 15 is 0 Å². The second kappa shape index (κ2) is 6.15. The third kappa shape index (κ3) is 3.43. The normalized spacial score (nSPS) is 13.6. The van der Waals surface area contributed by atoms with Crippen LogP contribution in [-0.2, 0) is 16.6 Å². The van der Waals surface area contributed by atoms with Crippen LogP contribution in [0.1, 0.15) is 29.8 Å². The number of aliphatic hydroxyl groups excluding tert-OH is 1. The van der Waals surface area contributed by atoms with Crippen LogP contribution >= 0.6 is 22.7 Å². The van der Waals surface area contributed by atoms with E-state index in [9.17, 15) is 8.42 Å². The highest BCUT2D eigenvalue weighted by Crippen LogP contribution is 2.26. The number of rotatable bonds is 6. The standard InChI is InChI=1S/C12H15NO3S3/c1-2-10(11-4-3-5-17-11)13-19(15,16)12-6-9(7-14)8-18-12/h3-6,8,10,13-14H,2,7H2,1H3. The molecule has 0 saturated carbocycles. The second-order valence-corrected chi connectivity index (χ2v) is 7.86. The van der Waals surface area contributed by atoms with Crippen molar-refractivity contribution in [3.05, 3.63) is 39.4 Å². The van der Waals surface area contributed by atoms with Crippen LogP contribution in [0.3, 0.4) is 0 Å². The molecule has 0 saturated heterocycles. The van der Waals surface area contributed by atoms with Gasteiger partial charge < -0.3 is 5.11 Å². The smallest absolute Gasteiger partial charge is 0.250 e. The number of thiophene rings is 2. The van der Waals surface area contributed by atoms with E-state index in [0.29, 0.717) is 12.0 Å². The molecule has 0 aromatic carbocycles. The van der Waals surface area contributed by atoms with Gasteiger partial charge in [-0.1, -0.05) is 13.0 Å². The summed E-state index contributed by atoms with van der Waals surface area (Å²) in [4.78, 5) is 1.00. The fourth-order valence-corrected chi connectivity index (χ4v) is 5.11. The van der Waals surface area contributed by atoms with Gasteiger partial charge in [0.05, 0.1) is 12.6 Å². The van der Waals surface area contributed by atoms with Gasteiger partial charge in [-0.25, -0.2) is 13.1 Å². The van der Waals surface area contributed by atoms with Crippen molar-refractivity contribution in [1.29, 1.82) is 0 Å². The van der Waals surface area contributed by atoms with Crippen molar-refractivity contribution in [1.82, 2.24) is 4.72 Å². The topological polar surface area (TPSA) is 66.4 Å². The molecule has 0 aliphatic carbocycles. The zero-order valence-corrected chi connectivity index (χ0v) is 12.8. The second-order valence-electron chi connectivity index (χ2n) is 4.03. The first-order valence-electron chi connectivity index (χ1n) is 5.81. The third-order valence-electron chi connectivity index (χ3n) is 2.67. The van der Waals surface area contributed by atoms with Gasteiger partial charge in [-0.2, -0.15) is 0 Å². The maximum Gasteiger partial charge on any atom is 0.250 e. The lowest BCUT2D eigenvalue weighted by Crippen LogP contribution is -2.27. The van der Waals surface area contributed by atoms with Gasteiger partial charge in [0.1, 0.15) is 4.21 Å². The Labute approximate surface area is 120 Å². The van der Waals surface area contributed by atoms with E-state index in [-0.39, 0.29) is 16.9 Å². The van der Waals surface area contributed by atoms with Crippen LogP contribution in [0.4, 0.5) is 0 Å². The number of aliphatic hydroxyl groups is 1. The Kier molecular flexibility index (Phi) is 4.75. The van der Waals surface area contributed by atoms with Gasteiger partial charge >= 0.3 is 0 Å². The summed E-state index contributed by atoms with van der Waals surface area (Å²) in [5, 5.41) is 12.6. The summed E-state index contributed by atoms with van der Waals surface area (Å²) in [6.45, 7) is 1.80. The number of nitrogens with one attached hydrogen (secondary N) is 1. The molecule has 0 fully saturated rings. The zero-order valence-electron chi connectivity index (χ0n) is 10.4. The Bertz CT molecular complexity index is 616. The lowest BCUT2D eigenvalue weighted by Gasteiger charge is -2.14. The minimum atomic E-state index is -3.52. The molecule has 2 aromatic heterocycles. The van der Waals surface area contributed by atoms with Crippen molar-refractivity contribution in [2.45, 2.75) is 30.2 Å². The maximum atomic E-state index is 12.2. The van der Waals surface area contributed by atoms with Crippen molar-refractivity contribution in [2.24, 2.45) is 0 Å². The van der Waals surface area contributed by atoms with Gasteiger partial charge in [0, 0.05) is 4.88 Å². The van der Waals surface area contributed by atoms with Crippen LogP contribution < -0.4 is 4.72 Å². The maximum absolute atomic E-state index is 12.2. The summed E-state index contributed by atoms with van der Waals surface area (Å²) >= 11 is 2.66. The summed E-state index contributed by atoms with van der Waals surface area (Å²) in [5.74, 6) is 0. The van der Waals surface area contributed by atoms with E-state index in [4.69, 9.17) is 5.11 Å². The molecule has 2 aromatic rings. The first-order valence-corrected chi connectivity index (χ1v) is 9.05. The lowest BCUT2D eigenvalue weighted by molar-refractivity contribution is 0.282. The molecule has 0 aliphatic rings. The zero-order chi connectivity index (χ0) is 13.9. The largest absolute Gasteiger partial charge is 0.392 e. The van der Waals surface area contributed by atoms with Gasteiger partial charge in [0.15, 0.2) is 0 Å². The first-order chi connectivity index (χ1) is 9.06. The average Bonchev–Trinajstić information content (AvgIpc) is 3.06. The van der Waals surface area contributed by atoms with Gasteiger partial charge in [-0.05, 0) is 34.9 Å². The van der Waals surface area contributed by atoms with Crippen molar-refractivity contribution in [3.63, 3.8) is 0 Å². The van der Waals surface area contributed by atoms with Crippen molar-refractivity contribution >= 4 is 32.7 Å². The molecular weight excluding hydrogens is 302 g/mol. The van der Waals surface area contributed by atoms with Gasteiger partial charge in [0.25, 0.3) is 10.0 Å². The Balaban J connectivity index is 2.20. The van der Waals surface area contributed by atoms with Crippen molar-refractivity contribution < 1.29 is 13.5 Å². The highest BCUT2D eigenvalue weighted by Gasteiger charge is 2.22. The minimum Gasteiger partial charge on any atom is -0.392 e. The Morgan fingerprint density at radius 2 is 2.21 bits per heavy atom. The summed E-state index contributed by atoms with van der Waals surface area (Å²) in [6, 6.07) is 5.14. The highest BCUT2D eigenvalue weighted by atomic mass is 32.2. The van der Waals surface area contributed by atoms with Gasteiger partial charge in [-0.15, -0.1) is 22.7 Å². The molecule has 104 valence electrons. The number of hydrogen-bond donors (Lipinski definition) is 2. The van der Waals surface area contributed by atoms with Crippen LogP contribution in [0, 0.1) is 0 Å². The summed E-state index contributed by atoms with van der Waals surface area (Å²) < 4.78 is 27.4. The van der Waals surface area contributed by atoms with Gasteiger partial charge in [0.2, 0.25) is 0 Å². The van der Waals surface area contributed by atoms with E-state index in [1.54, 1.807) is 5.38 Å². The fraction of sp³-hybridized carbons (Fsp3) is 0.333. The average molecular weight is 317 g/mol. The van der Waals surface area contributed by atoms with E-state index in [1.807, 2.05) is 24.4 Å². The molecule has 2 rings (SSSR count). The quantitative estimate of drug-likeness (QED) is 0.861. The molecule has 0 amide bonds. The van der Waals surface area contributed by atoms with E-state index < -0.39 is 10.0 Å². The predicted molar refractivity (Wildman–Crippen MR) is 77.9 cm³/mol. The third-order valence-corrected chi connectivity index (χ3v) is 6.62. The highest BCUT2D eigenvalue weighted by molar-refractivity contribution is 7.91. The number of hydrogen-bond acceptors (Lipinski definition) is 5. The van der Waals surface area contributed by atoms with Crippen molar-refractivity contribution in [2.75, 3.05) is 0 Å². The minimum absolute atomic E-state index is 0.145. The Hall–Kier alpha value is -0.730. The van der Waals surface area contributed by atoms with E-state index in [0.717, 1.165) is 16.2 Å². The summed E-state index contributed by atoms with van der Waals surface area (Å²) in [7, 11) is -3.52. The molecule has 1 atom stereocenters. The molecule has 2 N–H and O–H groups in total. The van der Waals surface area contributed by atoms with Crippen LogP contribution in [0.2, 0.25) is 0 Å². The molecule has 0 spiro atoms. The number of sulfonamides is 1. The van der Waals surface area contributed by atoms with Crippen LogP contribution in [0.5, 0.6) is 0 Å². The Morgan fingerprint density at radius 3 is 2.74 bits per heavy atom. The van der Waals surface area contributed by atoms with E-state index in [1.165, 1.54) is 17.4 Å². The van der Waals surface area contributed by atoms with Crippen LogP contribution in [0.25, 0.3) is 0 Å². The molecule has 0 radical (unpaired) electrons. The molecule has 7 heteroatoms. The molecular formula is C12H15NO3S3. The predicted octanol–water partition coefficient (Wildman–Crippen LogP) is 2.73. The molecule has 0 aliphatic heterocycles. The molecule has 0 bridgehead atoms. The SMILES string of the molecule is CCC(NS(=O)(=O)c1cc(CO)cs1)c1cccs1. The van der Waals surface area contributed by atoms with Crippen LogP contribution in [0.15, 0.2) is 33.2 Å². The Morgan fingerprint density at radius 1 is 1.42 bits per heavy atom. The molecule has 19 heavy (non-hydrogen) atoms. The van der Waals surface area contributed by atoms with E-state index in [2.05, 4.69) is 4.72 Å². The van der Waals surface area contributed by atoms with Gasteiger partial charge in [-0.3, -0.25) is 0 Å². The molecule has 1 unspecified atom stereocenters.